The maximum absolute atomic E-state index is 10.6. The summed E-state index contributed by atoms with van der Waals surface area (Å²) >= 11 is 0. The van der Waals surface area contributed by atoms with Crippen molar-refractivity contribution in [1.29, 1.82) is 0 Å². The van der Waals surface area contributed by atoms with Gasteiger partial charge in [0.2, 0.25) is 0 Å². The first kappa shape index (κ1) is 9.94. The Morgan fingerprint density at radius 1 is 0.667 bits per heavy atom. The van der Waals surface area contributed by atoms with Crippen molar-refractivity contribution >= 4 is 0 Å². The molecule has 1 radical (unpaired) electrons. The molecule has 1 heteroatoms. The Labute approximate surface area is 90.0 Å². The van der Waals surface area contributed by atoms with Gasteiger partial charge >= 0.3 is 0 Å². The molecule has 0 aliphatic carbocycles. The predicted molar refractivity (Wildman–Crippen MR) is 60.1 cm³/mol. The van der Waals surface area contributed by atoms with Crippen molar-refractivity contribution in [2.24, 2.45) is 0 Å². The van der Waals surface area contributed by atoms with Gasteiger partial charge in [0.05, 0.1) is 0 Å². The second-order valence-electron chi connectivity index (χ2n) is 3.62. The van der Waals surface area contributed by atoms with Gasteiger partial charge in [0.1, 0.15) is 6.61 Å². The third-order valence-electron chi connectivity index (χ3n) is 2.44. The topological polar surface area (TPSA) is 19.9 Å². The molecule has 0 heterocycles. The zero-order chi connectivity index (χ0) is 10.5. The van der Waals surface area contributed by atoms with E-state index >= 15 is 0 Å². The fourth-order valence-electron chi connectivity index (χ4n) is 1.58. The maximum Gasteiger partial charge on any atom is 0.107 e. The summed E-state index contributed by atoms with van der Waals surface area (Å²) in [6, 6.07) is 18.2. The minimum absolute atomic E-state index is 0.133. The Balaban J connectivity index is 2.11. The molecule has 2 aromatic rings. The lowest BCUT2D eigenvalue weighted by molar-refractivity contribution is 0.177. The highest BCUT2D eigenvalue weighted by atomic mass is 16.3. The highest BCUT2D eigenvalue weighted by molar-refractivity contribution is 5.28. The largest absolute Gasteiger partial charge is 0.232 e. The van der Waals surface area contributed by atoms with Crippen LogP contribution in [0.1, 0.15) is 16.7 Å². The van der Waals surface area contributed by atoms with Crippen LogP contribution in [0.2, 0.25) is 0 Å². The molecule has 0 N–H and O–H groups in total. The summed E-state index contributed by atoms with van der Waals surface area (Å²) < 4.78 is 0. The summed E-state index contributed by atoms with van der Waals surface area (Å²) in [4.78, 5) is 0. The van der Waals surface area contributed by atoms with E-state index in [1.165, 1.54) is 11.1 Å². The van der Waals surface area contributed by atoms with E-state index in [4.69, 9.17) is 0 Å². The standard InChI is InChI=1S/C14H13O/c15-11-14-8-6-13(7-9-14)10-12-4-2-1-3-5-12/h1-9H,10-11H2. The molecule has 0 aliphatic rings. The zero-order valence-electron chi connectivity index (χ0n) is 8.52. The van der Waals surface area contributed by atoms with Gasteiger partial charge in [-0.15, -0.1) is 0 Å². The van der Waals surface area contributed by atoms with Crippen molar-refractivity contribution < 1.29 is 5.11 Å². The van der Waals surface area contributed by atoms with E-state index in [9.17, 15) is 5.11 Å². The first-order chi connectivity index (χ1) is 7.38. The van der Waals surface area contributed by atoms with Crippen LogP contribution >= 0.6 is 0 Å². The van der Waals surface area contributed by atoms with E-state index < -0.39 is 0 Å². The summed E-state index contributed by atoms with van der Waals surface area (Å²) in [6.07, 6.45) is 0.931. The number of rotatable bonds is 3. The van der Waals surface area contributed by atoms with Crippen molar-refractivity contribution in [1.82, 2.24) is 0 Å². The zero-order valence-corrected chi connectivity index (χ0v) is 8.52. The van der Waals surface area contributed by atoms with Gasteiger partial charge in [-0.05, 0) is 23.1 Å². The molecule has 2 rings (SSSR count). The van der Waals surface area contributed by atoms with Crippen molar-refractivity contribution in [2.45, 2.75) is 13.0 Å². The lowest BCUT2D eigenvalue weighted by atomic mass is 10.0. The molecular formula is C14H13O. The van der Waals surface area contributed by atoms with Crippen LogP contribution in [0, 0.1) is 0 Å². The fraction of sp³-hybridized carbons (Fsp3) is 0.143. The van der Waals surface area contributed by atoms with Crippen molar-refractivity contribution in [3.05, 3.63) is 71.3 Å². The first-order valence-electron chi connectivity index (χ1n) is 5.08. The average molecular weight is 197 g/mol. The molecule has 75 valence electrons. The lowest BCUT2D eigenvalue weighted by Crippen LogP contribution is -1.88. The van der Waals surface area contributed by atoms with Gasteiger partial charge in [0, 0.05) is 0 Å². The van der Waals surface area contributed by atoms with E-state index in [0.717, 1.165) is 12.0 Å². The Morgan fingerprint density at radius 2 is 1.20 bits per heavy atom. The molecule has 0 bridgehead atoms. The Bertz CT molecular complexity index is 403. The molecule has 0 spiro atoms. The average Bonchev–Trinajstić information content (AvgIpc) is 2.31. The van der Waals surface area contributed by atoms with Gasteiger partial charge in [0.25, 0.3) is 0 Å². The van der Waals surface area contributed by atoms with Crippen molar-refractivity contribution in [3.63, 3.8) is 0 Å². The maximum atomic E-state index is 10.6. The molecule has 0 atom stereocenters. The van der Waals surface area contributed by atoms with Gasteiger partial charge in [-0.25, -0.2) is 5.11 Å². The van der Waals surface area contributed by atoms with Gasteiger partial charge in [0.15, 0.2) is 0 Å². The first-order valence-corrected chi connectivity index (χ1v) is 5.08. The summed E-state index contributed by atoms with van der Waals surface area (Å²) in [7, 11) is 0. The third-order valence-corrected chi connectivity index (χ3v) is 2.44. The number of hydrogen-bond acceptors (Lipinski definition) is 0. The van der Waals surface area contributed by atoms with E-state index in [1.807, 2.05) is 42.5 Å². The van der Waals surface area contributed by atoms with E-state index in [0.29, 0.717) is 0 Å². The van der Waals surface area contributed by atoms with E-state index in [-0.39, 0.29) is 6.61 Å². The molecule has 2 aromatic carbocycles. The minimum Gasteiger partial charge on any atom is -0.232 e. The van der Waals surface area contributed by atoms with Crippen LogP contribution in [0.4, 0.5) is 0 Å². The Kier molecular flexibility index (Phi) is 3.15. The van der Waals surface area contributed by atoms with E-state index in [1.54, 1.807) is 0 Å². The molecule has 0 saturated carbocycles. The predicted octanol–water partition coefficient (Wildman–Crippen LogP) is 3.21. The van der Waals surface area contributed by atoms with Gasteiger partial charge < -0.3 is 0 Å². The van der Waals surface area contributed by atoms with Crippen LogP contribution in [0.3, 0.4) is 0 Å². The highest BCUT2D eigenvalue weighted by Crippen LogP contribution is 2.10. The van der Waals surface area contributed by atoms with Gasteiger partial charge in [-0.1, -0.05) is 54.6 Å². The summed E-state index contributed by atoms with van der Waals surface area (Å²) in [5.41, 5.74) is 3.40. The molecule has 0 aromatic heterocycles. The lowest BCUT2D eigenvalue weighted by Gasteiger charge is -2.02. The monoisotopic (exact) mass is 197 g/mol. The second-order valence-corrected chi connectivity index (χ2v) is 3.62. The smallest absolute Gasteiger partial charge is 0.107 e. The van der Waals surface area contributed by atoms with Gasteiger partial charge in [-0.2, -0.15) is 0 Å². The third kappa shape index (κ3) is 2.67. The summed E-state index contributed by atoms with van der Waals surface area (Å²) in [5, 5.41) is 10.6. The Hall–Kier alpha value is -1.60. The summed E-state index contributed by atoms with van der Waals surface area (Å²) in [5.74, 6) is 0. The number of benzene rings is 2. The van der Waals surface area contributed by atoms with Crippen LogP contribution in [-0.4, -0.2) is 0 Å². The molecule has 1 nitrogen and oxygen atoms in total. The van der Waals surface area contributed by atoms with Crippen LogP contribution in [-0.2, 0) is 18.1 Å². The quantitative estimate of drug-likeness (QED) is 0.720. The minimum atomic E-state index is -0.133. The van der Waals surface area contributed by atoms with Crippen LogP contribution in [0.15, 0.2) is 54.6 Å². The summed E-state index contributed by atoms with van der Waals surface area (Å²) in [6.45, 7) is -0.133. The van der Waals surface area contributed by atoms with Crippen molar-refractivity contribution in [3.8, 4) is 0 Å². The van der Waals surface area contributed by atoms with Crippen molar-refractivity contribution in [2.75, 3.05) is 0 Å². The fourth-order valence-corrected chi connectivity index (χ4v) is 1.58. The molecule has 0 saturated heterocycles. The molecule has 15 heavy (non-hydrogen) atoms. The van der Waals surface area contributed by atoms with Crippen LogP contribution in [0.5, 0.6) is 0 Å². The second kappa shape index (κ2) is 4.76. The van der Waals surface area contributed by atoms with Gasteiger partial charge in [-0.3, -0.25) is 0 Å². The molecule has 0 fully saturated rings. The molecule has 0 aliphatic heterocycles. The normalized spacial score (nSPS) is 10.2. The van der Waals surface area contributed by atoms with Crippen LogP contribution in [0.25, 0.3) is 0 Å². The SMILES string of the molecule is [O]Cc1ccc(Cc2ccccc2)cc1. The molecule has 0 unspecified atom stereocenters. The molecular weight excluding hydrogens is 184 g/mol. The Morgan fingerprint density at radius 3 is 1.80 bits per heavy atom. The van der Waals surface area contributed by atoms with Crippen LogP contribution < -0.4 is 0 Å². The number of hydrogen-bond donors (Lipinski definition) is 0. The molecule has 0 amide bonds. The van der Waals surface area contributed by atoms with E-state index in [2.05, 4.69) is 12.1 Å². The highest BCUT2D eigenvalue weighted by Gasteiger charge is 1.96.